The van der Waals surface area contributed by atoms with E-state index in [1.165, 1.54) is 17.4 Å². The molecule has 0 aromatic carbocycles. The van der Waals surface area contributed by atoms with E-state index in [1.807, 2.05) is 7.05 Å². The zero-order chi connectivity index (χ0) is 14.0. The fourth-order valence-electron chi connectivity index (χ4n) is 1.56. The number of aliphatic hydroxyl groups excluding tert-OH is 1. The van der Waals surface area contributed by atoms with Crippen molar-refractivity contribution in [3.8, 4) is 0 Å². The number of imidazole rings is 1. The predicted octanol–water partition coefficient (Wildman–Crippen LogP) is 0.795. The zero-order valence-corrected chi connectivity index (χ0v) is 12.3. The van der Waals surface area contributed by atoms with Crippen LogP contribution in [-0.4, -0.2) is 34.4 Å². The first kappa shape index (κ1) is 14.2. The molecule has 0 fully saturated rings. The molecule has 0 radical (unpaired) electrons. The van der Waals surface area contributed by atoms with Gasteiger partial charge in [-0.2, -0.15) is 4.31 Å². The van der Waals surface area contributed by atoms with Crippen molar-refractivity contribution in [2.75, 3.05) is 7.05 Å². The molecule has 0 unspecified atom stereocenters. The van der Waals surface area contributed by atoms with E-state index in [9.17, 15) is 8.42 Å². The molecule has 0 spiro atoms. The Morgan fingerprint density at radius 1 is 1.53 bits per heavy atom. The van der Waals surface area contributed by atoms with Gasteiger partial charge in [-0.25, -0.2) is 13.4 Å². The summed E-state index contributed by atoms with van der Waals surface area (Å²) in [6.07, 6.45) is 3.40. The second kappa shape index (κ2) is 5.41. The van der Waals surface area contributed by atoms with E-state index in [-0.39, 0.29) is 17.4 Å². The maximum atomic E-state index is 12.3. The van der Waals surface area contributed by atoms with Crippen LogP contribution in [0.1, 0.15) is 11.4 Å². The van der Waals surface area contributed by atoms with Gasteiger partial charge in [0.1, 0.15) is 10.0 Å². The highest BCUT2D eigenvalue weighted by atomic mass is 32.2. The molecule has 0 amide bonds. The first-order valence-electron chi connectivity index (χ1n) is 5.56. The van der Waals surface area contributed by atoms with Crippen LogP contribution in [0, 0.1) is 0 Å². The quantitative estimate of drug-likeness (QED) is 0.886. The van der Waals surface area contributed by atoms with Crippen LogP contribution in [-0.2, 0) is 30.2 Å². The first-order valence-corrected chi connectivity index (χ1v) is 7.88. The van der Waals surface area contributed by atoms with Crippen LogP contribution in [0.5, 0.6) is 0 Å². The van der Waals surface area contributed by atoms with E-state index in [4.69, 9.17) is 5.11 Å². The smallest absolute Gasteiger partial charge is 0.252 e. The minimum atomic E-state index is -3.53. The topological polar surface area (TPSA) is 75.4 Å². The normalized spacial score (nSPS) is 12.2. The van der Waals surface area contributed by atoms with Crippen molar-refractivity contribution in [2.24, 2.45) is 7.05 Å². The van der Waals surface area contributed by atoms with Gasteiger partial charge in [-0.1, -0.05) is 0 Å². The lowest BCUT2D eigenvalue weighted by molar-refractivity contribution is 0.282. The lowest BCUT2D eigenvalue weighted by Gasteiger charge is -2.15. The summed E-state index contributed by atoms with van der Waals surface area (Å²) in [5, 5.41) is 10.6. The lowest BCUT2D eigenvalue weighted by atomic mass is 10.4. The van der Waals surface area contributed by atoms with Gasteiger partial charge >= 0.3 is 0 Å². The second-order valence-electron chi connectivity index (χ2n) is 4.15. The largest absolute Gasteiger partial charge is 0.392 e. The zero-order valence-electron chi connectivity index (χ0n) is 10.6. The molecular weight excluding hydrogens is 286 g/mol. The molecule has 0 atom stereocenters. The van der Waals surface area contributed by atoms with E-state index in [2.05, 4.69) is 4.98 Å². The van der Waals surface area contributed by atoms with Crippen LogP contribution in [0.25, 0.3) is 0 Å². The molecule has 2 heterocycles. The molecule has 1 N–H and O–H groups in total. The minimum absolute atomic E-state index is 0.158. The van der Waals surface area contributed by atoms with E-state index in [0.717, 1.165) is 11.3 Å². The molecule has 0 bridgehead atoms. The summed E-state index contributed by atoms with van der Waals surface area (Å²) in [4.78, 5) is 4.10. The number of hydrogen-bond acceptors (Lipinski definition) is 5. The highest BCUT2D eigenvalue weighted by molar-refractivity contribution is 7.91. The fourth-order valence-corrected chi connectivity index (χ4v) is 4.09. The Balaban J connectivity index is 2.22. The Morgan fingerprint density at radius 3 is 2.79 bits per heavy atom. The summed E-state index contributed by atoms with van der Waals surface area (Å²) >= 11 is 1.11. The fraction of sp³-hybridized carbons (Fsp3) is 0.364. The summed E-state index contributed by atoms with van der Waals surface area (Å²) in [5.74, 6) is 0.671. The Labute approximate surface area is 116 Å². The number of hydrogen-bond donors (Lipinski definition) is 1. The standard InChI is InChI=1S/C11H15N3O3S2/c1-13-4-3-12-10(13)6-14(2)19(16,17)11-5-9(7-15)8-18-11/h3-5,8,15H,6-7H2,1-2H3. The monoisotopic (exact) mass is 301 g/mol. The average Bonchev–Trinajstić information content (AvgIpc) is 2.99. The number of sulfonamides is 1. The van der Waals surface area contributed by atoms with Crippen LogP contribution in [0.3, 0.4) is 0 Å². The maximum Gasteiger partial charge on any atom is 0.252 e. The molecule has 0 aliphatic carbocycles. The minimum Gasteiger partial charge on any atom is -0.392 e. The van der Waals surface area contributed by atoms with E-state index in [0.29, 0.717) is 11.4 Å². The molecule has 0 aliphatic heterocycles. The second-order valence-corrected chi connectivity index (χ2v) is 7.33. The Bertz CT molecular complexity index is 660. The SMILES string of the molecule is CN(Cc1nccn1C)S(=O)(=O)c1cc(CO)cs1. The van der Waals surface area contributed by atoms with Crippen molar-refractivity contribution in [1.29, 1.82) is 0 Å². The van der Waals surface area contributed by atoms with E-state index in [1.54, 1.807) is 22.3 Å². The van der Waals surface area contributed by atoms with Gasteiger partial charge in [0.2, 0.25) is 0 Å². The third-order valence-corrected chi connectivity index (χ3v) is 6.03. The van der Waals surface area contributed by atoms with E-state index < -0.39 is 10.0 Å². The number of aromatic nitrogens is 2. The number of aliphatic hydroxyl groups is 1. The Kier molecular flexibility index (Phi) is 4.04. The highest BCUT2D eigenvalue weighted by Crippen LogP contribution is 2.24. The summed E-state index contributed by atoms with van der Waals surface area (Å²) in [6, 6.07) is 1.49. The van der Waals surface area contributed by atoms with Gasteiger partial charge in [-0.05, 0) is 17.0 Å². The van der Waals surface area contributed by atoms with Crippen LogP contribution in [0.2, 0.25) is 0 Å². The molecule has 2 aromatic rings. The Morgan fingerprint density at radius 2 is 2.26 bits per heavy atom. The summed E-state index contributed by atoms with van der Waals surface area (Å²) in [6.45, 7) is 0.0489. The van der Waals surface area contributed by atoms with Gasteiger partial charge in [0, 0.05) is 26.5 Å². The Hall–Kier alpha value is -1.22. The van der Waals surface area contributed by atoms with Crippen molar-refractivity contribution >= 4 is 21.4 Å². The molecule has 6 nitrogen and oxygen atoms in total. The van der Waals surface area contributed by atoms with Crippen molar-refractivity contribution in [2.45, 2.75) is 17.4 Å². The van der Waals surface area contributed by atoms with Gasteiger partial charge in [0.25, 0.3) is 10.0 Å². The molecule has 8 heteroatoms. The van der Waals surface area contributed by atoms with Crippen molar-refractivity contribution in [3.05, 3.63) is 35.2 Å². The number of rotatable bonds is 5. The van der Waals surface area contributed by atoms with Gasteiger partial charge in [-0.15, -0.1) is 11.3 Å². The van der Waals surface area contributed by atoms with Gasteiger partial charge in [-0.3, -0.25) is 0 Å². The van der Waals surface area contributed by atoms with Crippen LogP contribution in [0.4, 0.5) is 0 Å². The van der Waals surface area contributed by atoms with Gasteiger partial charge < -0.3 is 9.67 Å². The van der Waals surface area contributed by atoms with Crippen LogP contribution >= 0.6 is 11.3 Å². The third-order valence-electron chi connectivity index (χ3n) is 2.76. The van der Waals surface area contributed by atoms with Crippen LogP contribution in [0.15, 0.2) is 28.0 Å². The summed E-state index contributed by atoms with van der Waals surface area (Å²) < 4.78 is 27.9. The van der Waals surface area contributed by atoms with Crippen molar-refractivity contribution in [3.63, 3.8) is 0 Å². The lowest BCUT2D eigenvalue weighted by Crippen LogP contribution is -2.27. The number of nitrogens with zero attached hydrogens (tertiary/aromatic N) is 3. The third kappa shape index (κ3) is 2.86. The summed E-state index contributed by atoms with van der Waals surface area (Å²) in [5.41, 5.74) is 0.606. The van der Waals surface area contributed by atoms with E-state index >= 15 is 0 Å². The maximum absolute atomic E-state index is 12.3. The molecule has 0 saturated carbocycles. The van der Waals surface area contributed by atoms with Crippen molar-refractivity contribution in [1.82, 2.24) is 13.9 Å². The number of thiophene rings is 1. The molecule has 2 rings (SSSR count). The molecule has 2 aromatic heterocycles. The van der Waals surface area contributed by atoms with Crippen molar-refractivity contribution < 1.29 is 13.5 Å². The molecule has 104 valence electrons. The highest BCUT2D eigenvalue weighted by Gasteiger charge is 2.23. The molecule has 0 aliphatic rings. The number of aryl methyl sites for hydroxylation is 1. The molecule has 19 heavy (non-hydrogen) atoms. The predicted molar refractivity (Wildman–Crippen MR) is 72.1 cm³/mol. The molecular formula is C11H15N3O3S2. The first-order chi connectivity index (χ1) is 8.95. The van der Waals surface area contributed by atoms with Gasteiger partial charge in [0.05, 0.1) is 13.2 Å². The summed E-state index contributed by atoms with van der Waals surface area (Å²) in [7, 11) is -0.200. The van der Waals surface area contributed by atoms with Crippen LogP contribution < -0.4 is 0 Å². The average molecular weight is 301 g/mol. The molecule has 0 saturated heterocycles. The van der Waals surface area contributed by atoms with Gasteiger partial charge in [0.15, 0.2) is 0 Å².